The Labute approximate surface area is 320 Å². The van der Waals surface area contributed by atoms with E-state index in [9.17, 15) is 0 Å². The second kappa shape index (κ2) is 11.0. The summed E-state index contributed by atoms with van der Waals surface area (Å²) in [6.07, 6.45) is 6.97. The highest BCUT2D eigenvalue weighted by Crippen LogP contribution is 2.69. The SMILES string of the molecule is c1ccc2c(c1)-c1ccc(N(c3ccc(-n4c5ccccc5c5ccccc54)cc3)c3ccc4oc5ccccc5c4c3)cc1C21C2CC3CC(C2)CC1C3. The van der Waals surface area contributed by atoms with E-state index >= 15 is 0 Å². The lowest BCUT2D eigenvalue weighted by Gasteiger charge is -2.61. The Morgan fingerprint density at radius 3 is 1.76 bits per heavy atom. The Bertz CT molecular complexity index is 2940. The molecule has 5 aliphatic carbocycles. The summed E-state index contributed by atoms with van der Waals surface area (Å²) in [7, 11) is 0. The molecule has 264 valence electrons. The van der Waals surface area contributed by atoms with Crippen molar-refractivity contribution in [2.24, 2.45) is 23.7 Å². The van der Waals surface area contributed by atoms with Crippen molar-refractivity contribution in [3.05, 3.63) is 169 Å². The van der Waals surface area contributed by atoms with Crippen LogP contribution in [-0.4, -0.2) is 4.57 Å². The molecule has 4 fully saturated rings. The van der Waals surface area contributed by atoms with E-state index < -0.39 is 0 Å². The van der Waals surface area contributed by atoms with E-state index in [1.54, 1.807) is 11.1 Å². The van der Waals surface area contributed by atoms with Crippen molar-refractivity contribution < 1.29 is 4.42 Å². The molecule has 7 aromatic carbocycles. The Kier molecular flexibility index (Phi) is 6.06. The zero-order valence-corrected chi connectivity index (χ0v) is 30.7. The van der Waals surface area contributed by atoms with Crippen LogP contribution in [0.2, 0.25) is 0 Å². The molecular weight excluding hydrogens is 669 g/mol. The van der Waals surface area contributed by atoms with Crippen LogP contribution in [0.1, 0.15) is 43.2 Å². The fourth-order valence-corrected chi connectivity index (χ4v) is 12.5. The summed E-state index contributed by atoms with van der Waals surface area (Å²) < 4.78 is 8.74. The molecule has 0 radical (unpaired) electrons. The summed E-state index contributed by atoms with van der Waals surface area (Å²) in [6.45, 7) is 0. The lowest BCUT2D eigenvalue weighted by Crippen LogP contribution is -2.55. The van der Waals surface area contributed by atoms with Gasteiger partial charge < -0.3 is 13.9 Å². The first-order valence-electron chi connectivity index (χ1n) is 20.3. The van der Waals surface area contributed by atoms with Crippen LogP contribution in [0.15, 0.2) is 162 Å². The number of hydrogen-bond donors (Lipinski definition) is 0. The summed E-state index contributed by atoms with van der Waals surface area (Å²) in [5.41, 5.74) is 15.1. The zero-order chi connectivity index (χ0) is 35.8. The summed E-state index contributed by atoms with van der Waals surface area (Å²) in [5, 5.41) is 4.86. The summed E-state index contributed by atoms with van der Waals surface area (Å²) >= 11 is 0. The molecule has 5 aliphatic rings. The van der Waals surface area contributed by atoms with Gasteiger partial charge >= 0.3 is 0 Å². The Hall–Kier alpha value is -6.06. The van der Waals surface area contributed by atoms with Gasteiger partial charge in [0.1, 0.15) is 11.2 Å². The van der Waals surface area contributed by atoms with E-state index in [0.29, 0.717) is 11.8 Å². The first-order chi connectivity index (χ1) is 27.2. The fourth-order valence-electron chi connectivity index (χ4n) is 12.5. The third-order valence-electron chi connectivity index (χ3n) is 14.4. The second-order valence-electron chi connectivity index (χ2n) is 16.9. The van der Waals surface area contributed by atoms with Gasteiger partial charge in [0.2, 0.25) is 0 Å². The van der Waals surface area contributed by atoms with Gasteiger partial charge in [0.25, 0.3) is 0 Å². The van der Waals surface area contributed by atoms with Crippen LogP contribution in [0.25, 0.3) is 60.6 Å². The number of benzene rings is 7. The molecule has 3 heteroatoms. The molecule has 3 nitrogen and oxygen atoms in total. The summed E-state index contributed by atoms with van der Waals surface area (Å²) in [5.74, 6) is 3.25. The van der Waals surface area contributed by atoms with Crippen LogP contribution < -0.4 is 4.90 Å². The monoisotopic (exact) mass is 708 g/mol. The molecule has 55 heavy (non-hydrogen) atoms. The van der Waals surface area contributed by atoms with Gasteiger partial charge in [-0.1, -0.05) is 84.9 Å². The minimum atomic E-state index is 0.103. The van der Waals surface area contributed by atoms with Crippen molar-refractivity contribution in [1.82, 2.24) is 4.57 Å². The highest BCUT2D eigenvalue weighted by Gasteiger charge is 2.61. The normalized spacial score (nSPS) is 23.3. The molecule has 2 heterocycles. The first kappa shape index (κ1) is 30.3. The molecule has 0 aliphatic heterocycles. The predicted octanol–water partition coefficient (Wildman–Crippen LogP) is 13.9. The number of para-hydroxylation sites is 3. The van der Waals surface area contributed by atoms with Crippen molar-refractivity contribution in [3.63, 3.8) is 0 Å². The summed E-state index contributed by atoms with van der Waals surface area (Å²) in [4.78, 5) is 2.49. The highest BCUT2D eigenvalue weighted by molar-refractivity contribution is 6.09. The molecule has 1 spiro atoms. The van der Waals surface area contributed by atoms with Crippen molar-refractivity contribution in [1.29, 1.82) is 0 Å². The Balaban J connectivity index is 1.01. The second-order valence-corrected chi connectivity index (χ2v) is 16.9. The number of nitrogens with zero attached hydrogens (tertiary/aromatic N) is 2. The van der Waals surface area contributed by atoms with E-state index in [4.69, 9.17) is 4.42 Å². The average Bonchev–Trinajstić information content (AvgIpc) is 3.86. The quantitative estimate of drug-likeness (QED) is 0.181. The van der Waals surface area contributed by atoms with Gasteiger partial charge in [-0.3, -0.25) is 0 Å². The topological polar surface area (TPSA) is 21.3 Å². The average molecular weight is 709 g/mol. The third kappa shape index (κ3) is 4.06. The van der Waals surface area contributed by atoms with Crippen LogP contribution >= 0.6 is 0 Å². The molecule has 14 rings (SSSR count). The van der Waals surface area contributed by atoms with E-state index in [2.05, 4.69) is 167 Å². The molecule has 0 atom stereocenters. The van der Waals surface area contributed by atoms with Crippen molar-refractivity contribution in [2.45, 2.75) is 37.5 Å². The minimum absolute atomic E-state index is 0.103. The number of anilines is 3. The summed E-state index contributed by atoms with van der Waals surface area (Å²) in [6, 6.07) is 58.8. The Morgan fingerprint density at radius 1 is 0.455 bits per heavy atom. The minimum Gasteiger partial charge on any atom is -0.456 e. The van der Waals surface area contributed by atoms with E-state index in [0.717, 1.165) is 50.8 Å². The van der Waals surface area contributed by atoms with Gasteiger partial charge in [0.15, 0.2) is 0 Å². The number of aromatic nitrogens is 1. The molecule has 4 saturated carbocycles. The maximum absolute atomic E-state index is 6.33. The van der Waals surface area contributed by atoms with Crippen molar-refractivity contribution >= 4 is 60.8 Å². The van der Waals surface area contributed by atoms with Gasteiger partial charge in [0.05, 0.1) is 11.0 Å². The van der Waals surface area contributed by atoms with E-state index in [1.807, 2.05) is 0 Å². The van der Waals surface area contributed by atoms with Crippen molar-refractivity contribution in [2.75, 3.05) is 4.90 Å². The molecule has 2 aromatic heterocycles. The van der Waals surface area contributed by atoms with Crippen molar-refractivity contribution in [3.8, 4) is 16.8 Å². The lowest BCUT2D eigenvalue weighted by molar-refractivity contribution is -0.0399. The zero-order valence-electron chi connectivity index (χ0n) is 30.7. The maximum atomic E-state index is 6.33. The fraction of sp³-hybridized carbons (Fsp3) is 0.192. The molecule has 0 N–H and O–H groups in total. The molecular formula is C52H40N2O. The molecule has 9 aromatic rings. The Morgan fingerprint density at radius 2 is 1.02 bits per heavy atom. The molecule has 0 amide bonds. The van der Waals surface area contributed by atoms with Crippen LogP contribution in [0.5, 0.6) is 0 Å². The van der Waals surface area contributed by atoms with Crippen LogP contribution in [0.3, 0.4) is 0 Å². The maximum Gasteiger partial charge on any atom is 0.135 e. The van der Waals surface area contributed by atoms with Gasteiger partial charge in [-0.25, -0.2) is 0 Å². The molecule has 4 bridgehead atoms. The largest absolute Gasteiger partial charge is 0.456 e. The first-order valence-corrected chi connectivity index (χ1v) is 20.3. The number of furan rings is 1. The lowest BCUT2D eigenvalue weighted by atomic mass is 9.43. The van der Waals surface area contributed by atoms with Gasteiger partial charge in [-0.15, -0.1) is 0 Å². The third-order valence-corrected chi connectivity index (χ3v) is 14.4. The van der Waals surface area contributed by atoms with Gasteiger partial charge in [-0.05, 0) is 151 Å². The molecule has 0 saturated heterocycles. The van der Waals surface area contributed by atoms with E-state index in [-0.39, 0.29) is 5.41 Å². The molecule has 0 unspecified atom stereocenters. The van der Waals surface area contributed by atoms with Crippen LogP contribution in [-0.2, 0) is 5.41 Å². The smallest absolute Gasteiger partial charge is 0.135 e. The number of hydrogen-bond acceptors (Lipinski definition) is 2. The standard InChI is InChI=1S/C52H40N2O/c1-5-13-46-40(9-1)41-23-21-39(31-47(41)52(46)34-26-32-25-33(28-34)29-35(52)27-32)53(38-22-24-51-45(30-38)44-12-4-8-16-50(44)55-51)36-17-19-37(20-18-36)54-48-14-6-2-10-42(48)43-11-3-7-15-49(43)54/h1-24,30-35H,25-29H2. The van der Waals surface area contributed by atoms with Gasteiger partial charge in [-0.2, -0.15) is 0 Å². The predicted molar refractivity (Wildman–Crippen MR) is 226 cm³/mol. The number of fused-ring (bicyclic) bond motifs is 9. The number of rotatable bonds is 4. The highest BCUT2D eigenvalue weighted by atomic mass is 16.3. The van der Waals surface area contributed by atoms with E-state index in [1.165, 1.54) is 70.7 Å². The van der Waals surface area contributed by atoms with Crippen LogP contribution in [0.4, 0.5) is 17.1 Å². The van der Waals surface area contributed by atoms with Crippen LogP contribution in [0, 0.1) is 23.7 Å². The van der Waals surface area contributed by atoms with Gasteiger partial charge in [0, 0.05) is 49.7 Å².